The molecule has 0 radical (unpaired) electrons. The van der Waals surface area contributed by atoms with Gasteiger partial charge in [-0.3, -0.25) is 9.59 Å². The fourth-order valence-corrected chi connectivity index (χ4v) is 2.76. The van der Waals surface area contributed by atoms with Crippen LogP contribution in [0.4, 0.5) is 4.39 Å². The van der Waals surface area contributed by atoms with Crippen molar-refractivity contribution in [2.75, 3.05) is 13.2 Å². The Labute approximate surface area is 172 Å². The lowest BCUT2D eigenvalue weighted by Crippen LogP contribution is -2.30. The molecule has 1 N–H and O–H groups in total. The van der Waals surface area contributed by atoms with Crippen LogP contribution in [-0.2, 0) is 16.1 Å². The lowest BCUT2D eigenvalue weighted by Gasteiger charge is -2.10. The Bertz CT molecular complexity index is 1030. The first-order valence-electron chi connectivity index (χ1n) is 9.36. The van der Waals surface area contributed by atoms with Crippen LogP contribution in [0.15, 0.2) is 53.1 Å². The predicted molar refractivity (Wildman–Crippen MR) is 106 cm³/mol. The Balaban J connectivity index is 1.54. The molecule has 0 aliphatic heterocycles. The number of hydrogen-bond donors (Lipinski definition) is 1. The van der Waals surface area contributed by atoms with Gasteiger partial charge in [0.15, 0.2) is 5.76 Å². The number of amides is 1. The molecule has 3 rings (SSSR count). The van der Waals surface area contributed by atoms with Gasteiger partial charge in [0, 0.05) is 11.1 Å². The van der Waals surface area contributed by atoms with Crippen LogP contribution in [0, 0.1) is 12.7 Å². The van der Waals surface area contributed by atoms with E-state index in [0.29, 0.717) is 40.5 Å². The molecule has 1 amide bonds. The van der Waals surface area contributed by atoms with Crippen molar-refractivity contribution >= 4 is 11.9 Å². The Morgan fingerprint density at radius 2 is 1.87 bits per heavy atom. The summed E-state index contributed by atoms with van der Waals surface area (Å²) in [6.07, 6.45) is 0. The second-order valence-corrected chi connectivity index (χ2v) is 6.36. The molecule has 30 heavy (non-hydrogen) atoms. The number of esters is 1. The van der Waals surface area contributed by atoms with Gasteiger partial charge in [-0.25, -0.2) is 4.39 Å². The zero-order valence-electron chi connectivity index (χ0n) is 16.6. The summed E-state index contributed by atoms with van der Waals surface area (Å²) < 4.78 is 29.0. The number of rotatable bonds is 8. The first kappa shape index (κ1) is 21.0. The van der Waals surface area contributed by atoms with Gasteiger partial charge >= 0.3 is 5.97 Å². The molecule has 1 heterocycles. The molecule has 0 fully saturated rings. The third-order valence-corrected chi connectivity index (χ3v) is 4.32. The van der Waals surface area contributed by atoms with Crippen LogP contribution in [0.1, 0.15) is 28.5 Å². The molecule has 0 unspecified atom stereocenters. The van der Waals surface area contributed by atoms with E-state index in [-0.39, 0.29) is 19.0 Å². The molecule has 0 saturated heterocycles. The van der Waals surface area contributed by atoms with E-state index in [1.165, 1.54) is 12.1 Å². The summed E-state index contributed by atoms with van der Waals surface area (Å²) in [5.41, 5.74) is 2.13. The standard InChI is InChI=1S/C22H21FN2O5/c1-3-28-19-7-5-4-6-17(19)22(27)24-12-20(26)29-13-18-14(2)21(30-25-18)15-8-10-16(23)11-9-15/h4-11H,3,12-13H2,1-2H3,(H,24,27). The Morgan fingerprint density at radius 3 is 2.60 bits per heavy atom. The van der Waals surface area contributed by atoms with E-state index >= 15 is 0 Å². The molecule has 3 aromatic rings. The van der Waals surface area contributed by atoms with Gasteiger partial charge in [-0.15, -0.1) is 0 Å². The number of carbonyl (C=O) groups is 2. The Hall–Kier alpha value is -3.68. The summed E-state index contributed by atoms with van der Waals surface area (Å²) in [6, 6.07) is 12.6. The van der Waals surface area contributed by atoms with E-state index < -0.39 is 11.9 Å². The minimum absolute atomic E-state index is 0.110. The third kappa shape index (κ3) is 5.02. The Kier molecular flexibility index (Phi) is 6.79. The maximum absolute atomic E-state index is 13.1. The molecule has 0 bridgehead atoms. The number of ether oxygens (including phenoxy) is 2. The normalized spacial score (nSPS) is 10.5. The maximum atomic E-state index is 13.1. The SMILES string of the molecule is CCOc1ccccc1C(=O)NCC(=O)OCc1noc(-c2ccc(F)cc2)c1C. The van der Waals surface area contributed by atoms with Crippen molar-refractivity contribution in [2.45, 2.75) is 20.5 Å². The number of carbonyl (C=O) groups excluding carboxylic acids is 2. The van der Waals surface area contributed by atoms with Crippen molar-refractivity contribution in [3.05, 3.63) is 71.2 Å². The van der Waals surface area contributed by atoms with Gasteiger partial charge in [0.1, 0.15) is 30.4 Å². The number of aromatic nitrogens is 1. The molecule has 156 valence electrons. The molecule has 1 aromatic heterocycles. The minimum Gasteiger partial charge on any atom is -0.493 e. The predicted octanol–water partition coefficient (Wildman–Crippen LogP) is 3.66. The van der Waals surface area contributed by atoms with Crippen molar-refractivity contribution in [3.8, 4) is 17.1 Å². The van der Waals surface area contributed by atoms with Crippen LogP contribution < -0.4 is 10.1 Å². The van der Waals surface area contributed by atoms with Gasteiger partial charge in [0.05, 0.1) is 12.2 Å². The quantitative estimate of drug-likeness (QED) is 0.568. The smallest absolute Gasteiger partial charge is 0.325 e. The number of nitrogens with one attached hydrogen (secondary N) is 1. The monoisotopic (exact) mass is 412 g/mol. The highest BCUT2D eigenvalue weighted by Gasteiger charge is 2.17. The van der Waals surface area contributed by atoms with E-state index in [4.69, 9.17) is 14.0 Å². The fraction of sp³-hybridized carbons (Fsp3) is 0.227. The van der Waals surface area contributed by atoms with Gasteiger partial charge in [-0.05, 0) is 50.2 Å². The number of nitrogens with zero attached hydrogens (tertiary/aromatic N) is 1. The van der Waals surface area contributed by atoms with E-state index in [0.717, 1.165) is 0 Å². The highest BCUT2D eigenvalue weighted by Crippen LogP contribution is 2.26. The number of hydrogen-bond acceptors (Lipinski definition) is 6. The molecule has 2 aromatic carbocycles. The van der Waals surface area contributed by atoms with Crippen LogP contribution in [0.2, 0.25) is 0 Å². The first-order valence-corrected chi connectivity index (χ1v) is 9.36. The van der Waals surface area contributed by atoms with E-state index in [2.05, 4.69) is 10.5 Å². The van der Waals surface area contributed by atoms with Gasteiger partial charge < -0.3 is 19.3 Å². The summed E-state index contributed by atoms with van der Waals surface area (Å²) in [5.74, 6) is -0.495. The largest absolute Gasteiger partial charge is 0.493 e. The summed E-state index contributed by atoms with van der Waals surface area (Å²) in [5, 5.41) is 6.42. The molecular formula is C22H21FN2O5. The minimum atomic E-state index is -0.622. The van der Waals surface area contributed by atoms with Crippen molar-refractivity contribution in [2.24, 2.45) is 0 Å². The summed E-state index contributed by atoms with van der Waals surface area (Å²) >= 11 is 0. The molecule has 8 heteroatoms. The van der Waals surface area contributed by atoms with Crippen LogP contribution >= 0.6 is 0 Å². The van der Waals surface area contributed by atoms with E-state index in [1.807, 2.05) is 6.92 Å². The van der Waals surface area contributed by atoms with Crippen molar-refractivity contribution < 1.29 is 28.0 Å². The van der Waals surface area contributed by atoms with Crippen molar-refractivity contribution in [3.63, 3.8) is 0 Å². The lowest BCUT2D eigenvalue weighted by atomic mass is 10.1. The van der Waals surface area contributed by atoms with Crippen LogP contribution in [-0.4, -0.2) is 30.2 Å². The second kappa shape index (κ2) is 9.69. The average Bonchev–Trinajstić information content (AvgIpc) is 3.12. The molecule has 0 aliphatic rings. The molecule has 0 aliphatic carbocycles. The van der Waals surface area contributed by atoms with Crippen LogP contribution in [0.3, 0.4) is 0 Å². The molecular weight excluding hydrogens is 391 g/mol. The van der Waals surface area contributed by atoms with Gasteiger partial charge in [0.25, 0.3) is 5.91 Å². The second-order valence-electron chi connectivity index (χ2n) is 6.36. The zero-order valence-corrected chi connectivity index (χ0v) is 16.6. The molecule has 7 nitrogen and oxygen atoms in total. The lowest BCUT2D eigenvalue weighted by molar-refractivity contribution is -0.143. The average molecular weight is 412 g/mol. The summed E-state index contributed by atoms with van der Waals surface area (Å²) in [6.45, 7) is 3.59. The molecule has 0 spiro atoms. The van der Waals surface area contributed by atoms with Crippen molar-refractivity contribution in [1.82, 2.24) is 10.5 Å². The zero-order chi connectivity index (χ0) is 21.5. The first-order chi connectivity index (χ1) is 14.5. The summed E-state index contributed by atoms with van der Waals surface area (Å²) in [7, 11) is 0. The highest BCUT2D eigenvalue weighted by molar-refractivity contribution is 5.98. The molecule has 0 saturated carbocycles. The van der Waals surface area contributed by atoms with Gasteiger partial charge in [-0.2, -0.15) is 0 Å². The topological polar surface area (TPSA) is 90.7 Å². The Morgan fingerprint density at radius 1 is 1.13 bits per heavy atom. The van der Waals surface area contributed by atoms with Crippen LogP contribution in [0.5, 0.6) is 5.75 Å². The number of halogens is 1. The highest BCUT2D eigenvalue weighted by atomic mass is 19.1. The fourth-order valence-electron chi connectivity index (χ4n) is 2.76. The number of para-hydroxylation sites is 1. The van der Waals surface area contributed by atoms with E-state index in [1.54, 1.807) is 43.3 Å². The van der Waals surface area contributed by atoms with Gasteiger partial charge in [-0.1, -0.05) is 17.3 Å². The van der Waals surface area contributed by atoms with Gasteiger partial charge in [0.2, 0.25) is 0 Å². The summed E-state index contributed by atoms with van der Waals surface area (Å²) in [4.78, 5) is 24.3. The van der Waals surface area contributed by atoms with E-state index in [9.17, 15) is 14.0 Å². The van der Waals surface area contributed by atoms with Crippen molar-refractivity contribution in [1.29, 1.82) is 0 Å². The third-order valence-electron chi connectivity index (χ3n) is 4.32. The number of benzene rings is 2. The molecule has 0 atom stereocenters. The maximum Gasteiger partial charge on any atom is 0.325 e. The van der Waals surface area contributed by atoms with Crippen LogP contribution in [0.25, 0.3) is 11.3 Å².